The summed E-state index contributed by atoms with van der Waals surface area (Å²) >= 11 is 5.75. The maximum absolute atomic E-state index is 13.6. The van der Waals surface area contributed by atoms with Gasteiger partial charge in [-0.3, -0.25) is 9.59 Å². The Balaban J connectivity index is 3.03. The van der Waals surface area contributed by atoms with Crippen molar-refractivity contribution in [1.82, 2.24) is 4.90 Å². The fourth-order valence-corrected chi connectivity index (χ4v) is 1.85. The maximum Gasteiger partial charge on any atom is 0.257 e. The van der Waals surface area contributed by atoms with Crippen LogP contribution >= 0.6 is 11.6 Å². The largest absolute Gasteiger partial charge is 0.368 e. The van der Waals surface area contributed by atoms with Crippen LogP contribution in [0.25, 0.3) is 0 Å². The van der Waals surface area contributed by atoms with Gasteiger partial charge in [-0.2, -0.15) is 0 Å². The molecule has 19 heavy (non-hydrogen) atoms. The van der Waals surface area contributed by atoms with Gasteiger partial charge in [0.2, 0.25) is 5.91 Å². The average molecular weight is 287 g/mol. The second-order valence-corrected chi connectivity index (χ2v) is 5.11. The first kappa shape index (κ1) is 15.4. The van der Waals surface area contributed by atoms with Crippen LogP contribution in [0.3, 0.4) is 0 Å². The highest BCUT2D eigenvalue weighted by Crippen LogP contribution is 2.17. The summed E-state index contributed by atoms with van der Waals surface area (Å²) in [7, 11) is 0. The van der Waals surface area contributed by atoms with Crippen molar-refractivity contribution in [1.29, 1.82) is 0 Å². The molecule has 0 aromatic heterocycles. The third kappa shape index (κ3) is 4.52. The highest BCUT2D eigenvalue weighted by Gasteiger charge is 2.21. The summed E-state index contributed by atoms with van der Waals surface area (Å²) in [5.74, 6) is -1.78. The minimum Gasteiger partial charge on any atom is -0.368 e. The van der Waals surface area contributed by atoms with Crippen LogP contribution < -0.4 is 5.73 Å². The topological polar surface area (TPSA) is 63.4 Å². The third-order valence-electron chi connectivity index (χ3n) is 2.38. The van der Waals surface area contributed by atoms with Crippen LogP contribution in [0, 0.1) is 11.7 Å². The summed E-state index contributed by atoms with van der Waals surface area (Å²) in [6.45, 7) is 3.84. The number of carbonyl (C=O) groups is 2. The van der Waals surface area contributed by atoms with E-state index in [1.54, 1.807) is 0 Å². The first-order valence-corrected chi connectivity index (χ1v) is 6.21. The summed E-state index contributed by atoms with van der Waals surface area (Å²) < 4.78 is 13.6. The number of hydrogen-bond acceptors (Lipinski definition) is 2. The molecule has 0 radical (unpaired) electrons. The zero-order valence-corrected chi connectivity index (χ0v) is 11.6. The number of nitrogens with two attached hydrogens (primary N) is 1. The second-order valence-electron chi connectivity index (χ2n) is 4.67. The van der Waals surface area contributed by atoms with Crippen LogP contribution in [0.5, 0.6) is 0 Å². The maximum atomic E-state index is 13.6. The fraction of sp³-hybridized carbons (Fsp3) is 0.385. The quantitative estimate of drug-likeness (QED) is 0.900. The summed E-state index contributed by atoms with van der Waals surface area (Å²) in [6.07, 6.45) is 0. The molecule has 1 rings (SSSR count). The van der Waals surface area contributed by atoms with E-state index < -0.39 is 17.6 Å². The van der Waals surface area contributed by atoms with Crippen molar-refractivity contribution < 1.29 is 14.0 Å². The smallest absolute Gasteiger partial charge is 0.257 e. The van der Waals surface area contributed by atoms with Gasteiger partial charge >= 0.3 is 0 Å². The lowest BCUT2D eigenvalue weighted by Gasteiger charge is -2.23. The lowest BCUT2D eigenvalue weighted by molar-refractivity contribution is -0.118. The van der Waals surface area contributed by atoms with Crippen molar-refractivity contribution in [3.05, 3.63) is 34.6 Å². The Hall–Kier alpha value is -1.62. The molecule has 0 aliphatic carbocycles. The highest BCUT2D eigenvalue weighted by atomic mass is 35.5. The zero-order valence-electron chi connectivity index (χ0n) is 10.8. The molecule has 1 aromatic carbocycles. The normalized spacial score (nSPS) is 10.6. The predicted molar refractivity (Wildman–Crippen MR) is 71.3 cm³/mol. The Morgan fingerprint density at radius 1 is 1.42 bits per heavy atom. The number of primary amides is 1. The molecule has 0 bridgehead atoms. The number of amides is 2. The molecule has 0 unspecified atom stereocenters. The minimum absolute atomic E-state index is 0.130. The fourth-order valence-electron chi connectivity index (χ4n) is 1.68. The van der Waals surface area contributed by atoms with Gasteiger partial charge in [-0.15, -0.1) is 0 Å². The summed E-state index contributed by atoms with van der Waals surface area (Å²) in [4.78, 5) is 24.4. The molecule has 4 nitrogen and oxygen atoms in total. The molecule has 0 atom stereocenters. The van der Waals surface area contributed by atoms with Crippen molar-refractivity contribution in [2.45, 2.75) is 13.8 Å². The third-order valence-corrected chi connectivity index (χ3v) is 2.61. The van der Waals surface area contributed by atoms with Crippen molar-refractivity contribution in [2.24, 2.45) is 11.7 Å². The first-order chi connectivity index (χ1) is 8.81. The van der Waals surface area contributed by atoms with Gasteiger partial charge < -0.3 is 10.6 Å². The highest BCUT2D eigenvalue weighted by molar-refractivity contribution is 6.31. The Morgan fingerprint density at radius 2 is 2.05 bits per heavy atom. The van der Waals surface area contributed by atoms with E-state index in [-0.39, 0.29) is 23.0 Å². The van der Waals surface area contributed by atoms with Crippen LogP contribution in [0.4, 0.5) is 4.39 Å². The van der Waals surface area contributed by atoms with E-state index in [2.05, 4.69) is 0 Å². The summed E-state index contributed by atoms with van der Waals surface area (Å²) in [5.41, 5.74) is 4.94. The van der Waals surface area contributed by atoms with E-state index in [4.69, 9.17) is 17.3 Å². The number of halogens is 2. The van der Waals surface area contributed by atoms with Gasteiger partial charge in [-0.1, -0.05) is 25.4 Å². The number of benzene rings is 1. The molecular weight excluding hydrogens is 271 g/mol. The first-order valence-electron chi connectivity index (χ1n) is 5.84. The van der Waals surface area contributed by atoms with E-state index in [1.807, 2.05) is 13.8 Å². The molecule has 6 heteroatoms. The predicted octanol–water partition coefficient (Wildman–Crippen LogP) is 2.06. The number of nitrogens with zero attached hydrogens (tertiary/aromatic N) is 1. The zero-order chi connectivity index (χ0) is 14.6. The van der Waals surface area contributed by atoms with Crippen LogP contribution in [-0.4, -0.2) is 29.8 Å². The molecule has 0 spiro atoms. The lowest BCUT2D eigenvalue weighted by Crippen LogP contribution is -2.40. The van der Waals surface area contributed by atoms with Crippen LogP contribution in [0.1, 0.15) is 24.2 Å². The Labute approximate surface area is 116 Å². The molecule has 0 fully saturated rings. The Bertz CT molecular complexity index is 492. The molecule has 2 amide bonds. The van der Waals surface area contributed by atoms with Gasteiger partial charge in [0.05, 0.1) is 12.1 Å². The summed E-state index contributed by atoms with van der Waals surface area (Å²) in [6, 6.07) is 3.72. The molecule has 104 valence electrons. The SMILES string of the molecule is CC(C)CN(CC(N)=O)C(=O)c1cc(Cl)ccc1F. The van der Waals surface area contributed by atoms with Gasteiger partial charge in [-0.25, -0.2) is 4.39 Å². The van der Waals surface area contributed by atoms with Crippen LogP contribution in [-0.2, 0) is 4.79 Å². The molecule has 0 aliphatic heterocycles. The van der Waals surface area contributed by atoms with Crippen molar-refractivity contribution in [3.8, 4) is 0 Å². The van der Waals surface area contributed by atoms with Gasteiger partial charge in [0.25, 0.3) is 5.91 Å². The molecular formula is C13H16ClFN2O2. The number of carbonyl (C=O) groups excluding carboxylic acids is 2. The van der Waals surface area contributed by atoms with Crippen LogP contribution in [0.2, 0.25) is 5.02 Å². The standard InChI is InChI=1S/C13H16ClFN2O2/c1-8(2)6-17(7-12(16)18)13(19)10-5-9(14)3-4-11(10)15/h3-5,8H,6-7H2,1-2H3,(H2,16,18). The van der Waals surface area contributed by atoms with Gasteiger partial charge in [-0.05, 0) is 24.1 Å². The lowest BCUT2D eigenvalue weighted by atomic mass is 10.1. The number of hydrogen-bond donors (Lipinski definition) is 1. The molecule has 0 aliphatic rings. The molecule has 0 heterocycles. The molecule has 2 N–H and O–H groups in total. The monoisotopic (exact) mass is 286 g/mol. The average Bonchev–Trinajstić information content (AvgIpc) is 2.29. The van der Waals surface area contributed by atoms with Gasteiger partial charge in [0, 0.05) is 11.6 Å². The van der Waals surface area contributed by atoms with Crippen molar-refractivity contribution in [3.63, 3.8) is 0 Å². The van der Waals surface area contributed by atoms with E-state index in [0.29, 0.717) is 6.54 Å². The van der Waals surface area contributed by atoms with Crippen molar-refractivity contribution >= 4 is 23.4 Å². The molecule has 0 saturated carbocycles. The number of rotatable bonds is 5. The Morgan fingerprint density at radius 3 is 2.58 bits per heavy atom. The minimum atomic E-state index is -0.673. The second kappa shape index (κ2) is 6.52. The summed E-state index contributed by atoms with van der Waals surface area (Å²) in [5, 5.41) is 0.258. The Kier molecular flexibility index (Phi) is 5.30. The molecule has 0 saturated heterocycles. The van der Waals surface area contributed by atoms with Gasteiger partial charge in [0.15, 0.2) is 0 Å². The van der Waals surface area contributed by atoms with Crippen LogP contribution in [0.15, 0.2) is 18.2 Å². The van der Waals surface area contributed by atoms with Crippen molar-refractivity contribution in [2.75, 3.05) is 13.1 Å². The van der Waals surface area contributed by atoms with E-state index in [9.17, 15) is 14.0 Å². The molecule has 1 aromatic rings. The van der Waals surface area contributed by atoms with Gasteiger partial charge in [0.1, 0.15) is 5.82 Å². The van der Waals surface area contributed by atoms with E-state index >= 15 is 0 Å². The van der Waals surface area contributed by atoms with E-state index in [0.717, 1.165) is 6.07 Å². The van der Waals surface area contributed by atoms with E-state index in [1.165, 1.54) is 17.0 Å².